The maximum atomic E-state index is 11.8. The molecule has 0 radical (unpaired) electrons. The minimum Gasteiger partial charge on any atom is -0.481 e. The number of hydrogen-bond acceptors (Lipinski definition) is 4. The van der Waals surface area contributed by atoms with Gasteiger partial charge in [0, 0.05) is 18.1 Å². The first-order chi connectivity index (χ1) is 8.25. The summed E-state index contributed by atoms with van der Waals surface area (Å²) in [6.45, 7) is 5.67. The highest BCUT2D eigenvalue weighted by atomic mass is 32.2. The molecule has 0 spiro atoms. The van der Waals surface area contributed by atoms with Crippen LogP contribution < -0.4 is 5.73 Å². The SMILES string of the molecule is CC(C)[C@H](C)C(=O)C[C@@H](CSCC(N)=O)C(=O)O. The summed E-state index contributed by atoms with van der Waals surface area (Å²) < 4.78 is 0. The Labute approximate surface area is 111 Å². The van der Waals surface area contributed by atoms with Crippen LogP contribution in [0.2, 0.25) is 0 Å². The molecular weight excluding hydrogens is 254 g/mol. The predicted molar refractivity (Wildman–Crippen MR) is 71.3 cm³/mol. The molecule has 2 atom stereocenters. The molecule has 0 heterocycles. The van der Waals surface area contributed by atoms with Gasteiger partial charge in [-0.1, -0.05) is 20.8 Å². The maximum absolute atomic E-state index is 11.8. The Balaban J connectivity index is 4.31. The van der Waals surface area contributed by atoms with Gasteiger partial charge in [-0.15, -0.1) is 0 Å². The highest BCUT2D eigenvalue weighted by Crippen LogP contribution is 2.19. The first kappa shape index (κ1) is 17.0. The van der Waals surface area contributed by atoms with Crippen LogP contribution in [0.5, 0.6) is 0 Å². The fourth-order valence-corrected chi connectivity index (χ4v) is 2.18. The second kappa shape index (κ2) is 8.13. The van der Waals surface area contributed by atoms with E-state index in [-0.39, 0.29) is 35.5 Å². The standard InChI is InChI=1S/C12H21NO4S/c1-7(2)8(3)10(14)4-9(12(16)17)5-18-6-11(13)15/h7-9H,4-6H2,1-3H3,(H2,13,15)(H,16,17)/t8-,9-/m0/s1. The lowest BCUT2D eigenvalue weighted by Gasteiger charge is -2.17. The van der Waals surface area contributed by atoms with Gasteiger partial charge in [-0.05, 0) is 5.92 Å². The molecule has 0 unspecified atom stereocenters. The van der Waals surface area contributed by atoms with Crippen LogP contribution in [0.3, 0.4) is 0 Å². The van der Waals surface area contributed by atoms with E-state index < -0.39 is 17.8 Å². The van der Waals surface area contributed by atoms with Crippen LogP contribution in [-0.4, -0.2) is 34.3 Å². The first-order valence-electron chi connectivity index (χ1n) is 5.87. The number of aliphatic carboxylic acids is 1. The van der Waals surface area contributed by atoms with E-state index >= 15 is 0 Å². The van der Waals surface area contributed by atoms with Gasteiger partial charge < -0.3 is 10.8 Å². The van der Waals surface area contributed by atoms with E-state index in [1.165, 1.54) is 0 Å². The zero-order chi connectivity index (χ0) is 14.3. The van der Waals surface area contributed by atoms with Gasteiger partial charge in [0.05, 0.1) is 11.7 Å². The van der Waals surface area contributed by atoms with Crippen molar-refractivity contribution < 1.29 is 19.5 Å². The van der Waals surface area contributed by atoms with E-state index in [9.17, 15) is 14.4 Å². The van der Waals surface area contributed by atoms with Gasteiger partial charge in [0.2, 0.25) is 5.91 Å². The van der Waals surface area contributed by atoms with Gasteiger partial charge in [0.1, 0.15) is 5.78 Å². The largest absolute Gasteiger partial charge is 0.481 e. The van der Waals surface area contributed by atoms with E-state index in [4.69, 9.17) is 10.8 Å². The zero-order valence-corrected chi connectivity index (χ0v) is 11.8. The van der Waals surface area contributed by atoms with Crippen molar-refractivity contribution in [3.63, 3.8) is 0 Å². The number of primary amides is 1. The number of nitrogens with two attached hydrogens (primary N) is 1. The number of rotatable bonds is 9. The average Bonchev–Trinajstić information content (AvgIpc) is 2.25. The predicted octanol–water partition coefficient (Wildman–Crippen LogP) is 1.16. The number of thioether (sulfide) groups is 1. The number of carboxylic acid groups (broad SMARTS) is 1. The van der Waals surface area contributed by atoms with Crippen molar-refractivity contribution in [3.8, 4) is 0 Å². The molecule has 0 saturated carbocycles. The summed E-state index contributed by atoms with van der Waals surface area (Å²) >= 11 is 1.15. The Hall–Kier alpha value is -1.04. The lowest BCUT2D eigenvalue weighted by atomic mass is 9.89. The molecule has 0 aromatic rings. The molecule has 0 saturated heterocycles. The van der Waals surface area contributed by atoms with Crippen LogP contribution in [0.25, 0.3) is 0 Å². The summed E-state index contributed by atoms with van der Waals surface area (Å²) in [5.74, 6) is -1.91. The zero-order valence-electron chi connectivity index (χ0n) is 11.0. The molecule has 0 aromatic carbocycles. The number of amides is 1. The quantitative estimate of drug-likeness (QED) is 0.658. The molecule has 104 valence electrons. The number of hydrogen-bond donors (Lipinski definition) is 2. The van der Waals surface area contributed by atoms with Crippen molar-refractivity contribution in [1.82, 2.24) is 0 Å². The summed E-state index contributed by atoms with van der Waals surface area (Å²) in [6.07, 6.45) is 0.0143. The van der Waals surface area contributed by atoms with E-state index in [2.05, 4.69) is 0 Å². The Morgan fingerprint density at radius 1 is 1.22 bits per heavy atom. The van der Waals surface area contributed by atoms with E-state index in [0.717, 1.165) is 11.8 Å². The Bertz CT molecular complexity index is 317. The fourth-order valence-electron chi connectivity index (χ4n) is 1.32. The second-order valence-electron chi connectivity index (χ2n) is 4.72. The molecule has 1 amide bonds. The highest BCUT2D eigenvalue weighted by Gasteiger charge is 2.25. The number of carboxylic acids is 1. The molecule has 6 heteroatoms. The first-order valence-corrected chi connectivity index (χ1v) is 7.02. The van der Waals surface area contributed by atoms with Crippen LogP contribution >= 0.6 is 11.8 Å². The Morgan fingerprint density at radius 2 is 1.78 bits per heavy atom. The minimum absolute atomic E-state index is 0.0143. The van der Waals surface area contributed by atoms with Crippen molar-refractivity contribution in [2.45, 2.75) is 27.2 Å². The normalized spacial score (nSPS) is 14.2. The van der Waals surface area contributed by atoms with Crippen LogP contribution in [-0.2, 0) is 14.4 Å². The van der Waals surface area contributed by atoms with Crippen LogP contribution in [0.15, 0.2) is 0 Å². The average molecular weight is 275 g/mol. The van der Waals surface area contributed by atoms with Crippen LogP contribution in [0.4, 0.5) is 0 Å². The minimum atomic E-state index is -1.00. The van der Waals surface area contributed by atoms with Crippen molar-refractivity contribution in [2.24, 2.45) is 23.5 Å². The summed E-state index contributed by atoms with van der Waals surface area (Å²) in [5, 5.41) is 9.03. The molecule has 0 aliphatic heterocycles. The lowest BCUT2D eigenvalue weighted by Crippen LogP contribution is -2.26. The summed E-state index contributed by atoms with van der Waals surface area (Å²) in [6, 6.07) is 0. The molecule has 5 nitrogen and oxygen atoms in total. The smallest absolute Gasteiger partial charge is 0.307 e. The molecule has 0 aliphatic carbocycles. The van der Waals surface area contributed by atoms with Gasteiger partial charge in [-0.3, -0.25) is 14.4 Å². The molecule has 0 aliphatic rings. The summed E-state index contributed by atoms with van der Waals surface area (Å²) in [4.78, 5) is 33.4. The number of ketones is 1. The van der Waals surface area contributed by atoms with Gasteiger partial charge in [-0.2, -0.15) is 11.8 Å². The van der Waals surface area contributed by atoms with E-state index in [1.54, 1.807) is 0 Å². The second-order valence-corrected chi connectivity index (χ2v) is 5.75. The van der Waals surface area contributed by atoms with E-state index in [1.807, 2.05) is 20.8 Å². The number of Topliss-reactive ketones (excluding diaryl/α,β-unsaturated/α-hetero) is 1. The third kappa shape index (κ3) is 6.64. The molecular formula is C12H21NO4S. The van der Waals surface area contributed by atoms with Crippen LogP contribution in [0, 0.1) is 17.8 Å². The summed E-state index contributed by atoms with van der Waals surface area (Å²) in [7, 11) is 0. The van der Waals surface area contributed by atoms with Gasteiger partial charge >= 0.3 is 5.97 Å². The molecule has 18 heavy (non-hydrogen) atoms. The maximum Gasteiger partial charge on any atom is 0.307 e. The molecule has 0 fully saturated rings. The third-order valence-corrected chi connectivity index (χ3v) is 3.99. The molecule has 0 bridgehead atoms. The summed E-state index contributed by atoms with van der Waals surface area (Å²) in [5.41, 5.74) is 4.97. The number of carbonyl (C=O) groups excluding carboxylic acids is 2. The lowest BCUT2D eigenvalue weighted by molar-refractivity contribution is -0.143. The highest BCUT2D eigenvalue weighted by molar-refractivity contribution is 7.99. The molecule has 0 rings (SSSR count). The monoisotopic (exact) mass is 275 g/mol. The molecule has 0 aromatic heterocycles. The van der Waals surface area contributed by atoms with Gasteiger partial charge in [-0.25, -0.2) is 0 Å². The van der Waals surface area contributed by atoms with Crippen molar-refractivity contribution >= 4 is 29.4 Å². The van der Waals surface area contributed by atoms with E-state index in [0.29, 0.717) is 0 Å². The van der Waals surface area contributed by atoms with Gasteiger partial charge in [0.15, 0.2) is 0 Å². The van der Waals surface area contributed by atoms with Crippen LogP contribution in [0.1, 0.15) is 27.2 Å². The molecule has 3 N–H and O–H groups in total. The topological polar surface area (TPSA) is 97.5 Å². The van der Waals surface area contributed by atoms with Crippen molar-refractivity contribution in [1.29, 1.82) is 0 Å². The fraction of sp³-hybridized carbons (Fsp3) is 0.750. The van der Waals surface area contributed by atoms with Gasteiger partial charge in [0.25, 0.3) is 0 Å². The van der Waals surface area contributed by atoms with Crippen molar-refractivity contribution in [3.05, 3.63) is 0 Å². The Kier molecular flexibility index (Phi) is 7.66. The Morgan fingerprint density at radius 3 is 2.17 bits per heavy atom. The number of carbonyl (C=O) groups is 3. The third-order valence-electron chi connectivity index (χ3n) is 2.87. The van der Waals surface area contributed by atoms with Crippen molar-refractivity contribution in [2.75, 3.05) is 11.5 Å².